The first-order chi connectivity index (χ1) is 7.50. The minimum Gasteiger partial charge on any atom is -0.481 e. The van der Waals surface area contributed by atoms with E-state index in [4.69, 9.17) is 5.11 Å². The highest BCUT2D eigenvalue weighted by Crippen LogP contribution is 2.23. The molecule has 0 bridgehead atoms. The molecule has 0 heterocycles. The molecule has 0 spiro atoms. The Kier molecular flexibility index (Phi) is 4.73. The fraction of sp³-hybridized carbons (Fsp3) is 0.818. The van der Waals surface area contributed by atoms with Crippen molar-refractivity contribution in [3.8, 4) is 0 Å². The second kappa shape index (κ2) is 5.84. The van der Waals surface area contributed by atoms with Crippen LogP contribution in [0, 0.1) is 11.8 Å². The van der Waals surface area contributed by atoms with Gasteiger partial charge < -0.3 is 15.5 Å². The molecule has 0 aromatic carbocycles. The van der Waals surface area contributed by atoms with E-state index in [9.17, 15) is 14.7 Å². The van der Waals surface area contributed by atoms with E-state index in [1.165, 1.54) is 6.92 Å². The van der Waals surface area contributed by atoms with Gasteiger partial charge in [0.25, 0.3) is 0 Å². The summed E-state index contributed by atoms with van der Waals surface area (Å²) in [5.74, 6) is -2.15. The molecule has 1 aliphatic carbocycles. The summed E-state index contributed by atoms with van der Waals surface area (Å²) in [5.41, 5.74) is 0. The third kappa shape index (κ3) is 3.81. The molecule has 1 atom stereocenters. The fourth-order valence-corrected chi connectivity index (χ4v) is 1.86. The van der Waals surface area contributed by atoms with Gasteiger partial charge in [-0.3, -0.25) is 9.59 Å². The Morgan fingerprint density at radius 2 is 1.88 bits per heavy atom. The van der Waals surface area contributed by atoms with E-state index in [2.05, 4.69) is 5.32 Å². The predicted octanol–water partition coefficient (Wildman–Crippen LogP) is 0.374. The summed E-state index contributed by atoms with van der Waals surface area (Å²) in [6, 6.07) is 0. The largest absolute Gasteiger partial charge is 0.481 e. The van der Waals surface area contributed by atoms with Crippen LogP contribution in [0.15, 0.2) is 0 Å². The highest BCUT2D eigenvalue weighted by molar-refractivity contribution is 5.96. The number of carboxylic acid groups (broad SMARTS) is 1. The zero-order chi connectivity index (χ0) is 12.1. The van der Waals surface area contributed by atoms with Crippen molar-refractivity contribution in [3.05, 3.63) is 0 Å². The van der Waals surface area contributed by atoms with Gasteiger partial charge >= 0.3 is 5.97 Å². The zero-order valence-electron chi connectivity index (χ0n) is 9.48. The number of aliphatic hydroxyl groups is 1. The summed E-state index contributed by atoms with van der Waals surface area (Å²) < 4.78 is 0. The molecule has 5 nitrogen and oxygen atoms in total. The Bertz CT molecular complexity index is 259. The lowest BCUT2D eigenvalue weighted by molar-refractivity contribution is -0.146. The van der Waals surface area contributed by atoms with E-state index >= 15 is 0 Å². The first-order valence-corrected chi connectivity index (χ1v) is 5.69. The monoisotopic (exact) mass is 229 g/mol. The summed E-state index contributed by atoms with van der Waals surface area (Å²) in [5, 5.41) is 20.6. The highest BCUT2D eigenvalue weighted by atomic mass is 16.4. The summed E-state index contributed by atoms with van der Waals surface area (Å²) in [6.07, 6.45) is 3.13. The zero-order valence-corrected chi connectivity index (χ0v) is 9.48. The van der Waals surface area contributed by atoms with Crippen LogP contribution in [-0.4, -0.2) is 34.7 Å². The lowest BCUT2D eigenvalue weighted by atomic mass is 9.87. The summed E-state index contributed by atoms with van der Waals surface area (Å²) in [6.45, 7) is 1.89. The average Bonchev–Trinajstić information content (AvgIpc) is 2.26. The number of rotatable bonds is 4. The highest BCUT2D eigenvalue weighted by Gasteiger charge is 2.23. The van der Waals surface area contributed by atoms with E-state index in [-0.39, 0.29) is 6.10 Å². The van der Waals surface area contributed by atoms with Gasteiger partial charge in [0.15, 0.2) is 0 Å². The van der Waals surface area contributed by atoms with Crippen LogP contribution < -0.4 is 5.32 Å². The van der Waals surface area contributed by atoms with Crippen molar-refractivity contribution in [1.29, 1.82) is 0 Å². The molecule has 0 aromatic rings. The molecule has 0 aliphatic heterocycles. The second-order valence-electron chi connectivity index (χ2n) is 4.48. The summed E-state index contributed by atoms with van der Waals surface area (Å²) in [4.78, 5) is 21.9. The molecule has 1 saturated carbocycles. The van der Waals surface area contributed by atoms with Crippen LogP contribution in [0.1, 0.15) is 32.6 Å². The van der Waals surface area contributed by atoms with E-state index in [0.717, 1.165) is 25.7 Å². The van der Waals surface area contributed by atoms with Crippen LogP contribution in [0.2, 0.25) is 0 Å². The van der Waals surface area contributed by atoms with Crippen molar-refractivity contribution in [2.75, 3.05) is 6.54 Å². The number of amides is 1. The first-order valence-electron chi connectivity index (χ1n) is 5.69. The van der Waals surface area contributed by atoms with Crippen molar-refractivity contribution >= 4 is 11.9 Å². The van der Waals surface area contributed by atoms with Gasteiger partial charge in [-0.1, -0.05) is 0 Å². The van der Waals surface area contributed by atoms with Crippen molar-refractivity contribution in [2.45, 2.75) is 38.7 Å². The van der Waals surface area contributed by atoms with Crippen molar-refractivity contribution in [1.82, 2.24) is 5.32 Å². The van der Waals surface area contributed by atoms with Gasteiger partial charge in [-0.25, -0.2) is 0 Å². The standard InChI is InChI=1S/C11H19NO4/c1-7(11(15)16)10(14)12-6-8-2-4-9(13)5-3-8/h7-9,13H,2-6H2,1H3,(H,12,14)(H,15,16). The van der Waals surface area contributed by atoms with Crippen LogP contribution in [0.4, 0.5) is 0 Å². The molecule has 0 saturated heterocycles. The van der Waals surface area contributed by atoms with Crippen LogP contribution in [0.25, 0.3) is 0 Å². The van der Waals surface area contributed by atoms with Crippen molar-refractivity contribution < 1.29 is 19.8 Å². The lowest BCUT2D eigenvalue weighted by Gasteiger charge is -2.25. The molecule has 16 heavy (non-hydrogen) atoms. The maximum Gasteiger partial charge on any atom is 0.315 e. The fourth-order valence-electron chi connectivity index (χ4n) is 1.86. The van der Waals surface area contributed by atoms with Crippen LogP contribution in [0.3, 0.4) is 0 Å². The Balaban J connectivity index is 2.24. The summed E-state index contributed by atoms with van der Waals surface area (Å²) >= 11 is 0. The smallest absolute Gasteiger partial charge is 0.315 e. The van der Waals surface area contributed by atoms with Gasteiger partial charge in [-0.15, -0.1) is 0 Å². The Morgan fingerprint density at radius 1 is 1.31 bits per heavy atom. The number of carbonyl (C=O) groups is 2. The number of aliphatic hydroxyl groups excluding tert-OH is 1. The topological polar surface area (TPSA) is 86.6 Å². The molecule has 1 aliphatic rings. The molecule has 0 radical (unpaired) electrons. The van der Waals surface area contributed by atoms with E-state index < -0.39 is 17.8 Å². The Morgan fingerprint density at radius 3 is 2.38 bits per heavy atom. The normalized spacial score (nSPS) is 27.1. The molecular formula is C11H19NO4. The maximum absolute atomic E-state index is 11.4. The number of hydrogen-bond donors (Lipinski definition) is 3. The SMILES string of the molecule is CC(C(=O)O)C(=O)NCC1CCC(O)CC1. The lowest BCUT2D eigenvalue weighted by Crippen LogP contribution is -2.37. The predicted molar refractivity (Wildman–Crippen MR) is 57.8 cm³/mol. The third-order valence-electron chi connectivity index (χ3n) is 3.14. The minimum atomic E-state index is -1.10. The van der Waals surface area contributed by atoms with E-state index in [1.807, 2.05) is 0 Å². The third-order valence-corrected chi connectivity index (χ3v) is 3.14. The van der Waals surface area contributed by atoms with E-state index in [0.29, 0.717) is 12.5 Å². The van der Waals surface area contributed by atoms with Crippen molar-refractivity contribution in [2.24, 2.45) is 11.8 Å². The average molecular weight is 229 g/mol. The van der Waals surface area contributed by atoms with Crippen LogP contribution in [0.5, 0.6) is 0 Å². The summed E-state index contributed by atoms with van der Waals surface area (Å²) in [7, 11) is 0. The number of carboxylic acids is 1. The molecule has 1 fully saturated rings. The van der Waals surface area contributed by atoms with Crippen LogP contribution >= 0.6 is 0 Å². The first kappa shape index (κ1) is 13.0. The number of nitrogens with one attached hydrogen (secondary N) is 1. The molecule has 0 aromatic heterocycles. The molecule has 5 heteroatoms. The quantitative estimate of drug-likeness (QED) is 0.608. The Hall–Kier alpha value is -1.10. The van der Waals surface area contributed by atoms with E-state index in [1.54, 1.807) is 0 Å². The van der Waals surface area contributed by atoms with Gasteiger partial charge in [-0.05, 0) is 38.5 Å². The molecule has 3 N–H and O–H groups in total. The minimum absolute atomic E-state index is 0.204. The molecule has 1 rings (SSSR count). The molecule has 92 valence electrons. The number of aliphatic carboxylic acids is 1. The number of carbonyl (C=O) groups excluding carboxylic acids is 1. The van der Waals surface area contributed by atoms with Gasteiger partial charge in [0.05, 0.1) is 6.10 Å². The van der Waals surface area contributed by atoms with Gasteiger partial charge in [0.1, 0.15) is 5.92 Å². The molecule has 1 unspecified atom stereocenters. The molecule has 1 amide bonds. The van der Waals surface area contributed by atoms with Crippen molar-refractivity contribution in [3.63, 3.8) is 0 Å². The van der Waals surface area contributed by atoms with Gasteiger partial charge in [-0.2, -0.15) is 0 Å². The van der Waals surface area contributed by atoms with Gasteiger partial charge in [0, 0.05) is 6.54 Å². The van der Waals surface area contributed by atoms with Crippen LogP contribution in [-0.2, 0) is 9.59 Å². The maximum atomic E-state index is 11.4. The Labute approximate surface area is 94.8 Å². The molecular weight excluding hydrogens is 210 g/mol. The second-order valence-corrected chi connectivity index (χ2v) is 4.48. The number of hydrogen-bond acceptors (Lipinski definition) is 3. The van der Waals surface area contributed by atoms with Gasteiger partial charge in [0.2, 0.25) is 5.91 Å².